The Balaban J connectivity index is 2.46. The molecule has 0 aromatic heterocycles. The number of aliphatic carboxylic acids is 1. The van der Waals surface area contributed by atoms with Gasteiger partial charge in [0, 0.05) is 13.7 Å². The summed E-state index contributed by atoms with van der Waals surface area (Å²) in [6.07, 6.45) is 0. The molecule has 0 heterocycles. The minimum Gasteiger partial charge on any atom is -0.480 e. The molecule has 1 aromatic carbocycles. The summed E-state index contributed by atoms with van der Waals surface area (Å²) in [5.41, 5.74) is 2.02. The van der Waals surface area contributed by atoms with Crippen LogP contribution in [-0.2, 0) is 27.5 Å². The monoisotopic (exact) mass is 294 g/mol. The third kappa shape index (κ3) is 5.93. The van der Waals surface area contributed by atoms with Gasteiger partial charge >= 0.3 is 5.97 Å². The van der Waals surface area contributed by atoms with Crippen molar-refractivity contribution in [3.8, 4) is 0 Å². The summed E-state index contributed by atoms with van der Waals surface area (Å²) in [6, 6.07) is 7.06. The third-order valence-corrected chi connectivity index (χ3v) is 3.20. The number of hydrogen-bond donors (Lipinski definition) is 2. The number of nitrogens with zero attached hydrogens (tertiary/aromatic N) is 1. The Morgan fingerprint density at radius 2 is 2.05 bits per heavy atom. The van der Waals surface area contributed by atoms with Crippen LogP contribution in [0.2, 0.25) is 0 Å². The molecule has 0 saturated heterocycles. The topological polar surface area (TPSA) is 78.9 Å². The van der Waals surface area contributed by atoms with Crippen molar-refractivity contribution in [1.29, 1.82) is 0 Å². The highest BCUT2D eigenvalue weighted by Crippen LogP contribution is 2.06. The summed E-state index contributed by atoms with van der Waals surface area (Å²) in [4.78, 5) is 24.1. The van der Waals surface area contributed by atoms with Gasteiger partial charge in [-0.3, -0.25) is 14.5 Å². The number of rotatable bonds is 8. The van der Waals surface area contributed by atoms with Crippen LogP contribution in [0.25, 0.3) is 0 Å². The molecule has 21 heavy (non-hydrogen) atoms. The Morgan fingerprint density at radius 1 is 1.38 bits per heavy atom. The Morgan fingerprint density at radius 3 is 2.67 bits per heavy atom. The van der Waals surface area contributed by atoms with Crippen LogP contribution in [0.5, 0.6) is 0 Å². The van der Waals surface area contributed by atoms with E-state index in [1.807, 2.05) is 24.3 Å². The first-order valence-electron chi connectivity index (χ1n) is 6.70. The average molecular weight is 294 g/mol. The number of amides is 1. The second-order valence-electron chi connectivity index (χ2n) is 4.96. The number of likely N-dealkylation sites (N-methyl/N-ethyl adjacent to an activating group) is 1. The minimum atomic E-state index is -0.947. The minimum absolute atomic E-state index is 0.0469. The van der Waals surface area contributed by atoms with Gasteiger partial charge in [0.1, 0.15) is 6.04 Å². The van der Waals surface area contributed by atoms with E-state index in [-0.39, 0.29) is 12.5 Å². The van der Waals surface area contributed by atoms with E-state index in [1.165, 1.54) is 4.90 Å². The second-order valence-corrected chi connectivity index (χ2v) is 4.96. The maximum Gasteiger partial charge on any atom is 0.320 e. The summed E-state index contributed by atoms with van der Waals surface area (Å²) in [5.74, 6) is -1.15. The molecule has 0 fully saturated rings. The van der Waals surface area contributed by atoms with Crippen LogP contribution >= 0.6 is 0 Å². The fourth-order valence-corrected chi connectivity index (χ4v) is 1.80. The van der Waals surface area contributed by atoms with Crippen LogP contribution in [0.1, 0.15) is 18.1 Å². The van der Waals surface area contributed by atoms with Crippen LogP contribution in [0, 0.1) is 0 Å². The molecule has 0 radical (unpaired) electrons. The molecule has 1 rings (SSSR count). The number of hydrogen-bond acceptors (Lipinski definition) is 4. The van der Waals surface area contributed by atoms with Gasteiger partial charge in [0.2, 0.25) is 5.91 Å². The molecular formula is C15H22N2O4. The molecule has 1 atom stereocenters. The molecule has 1 unspecified atom stereocenters. The Hall–Kier alpha value is -1.92. The summed E-state index contributed by atoms with van der Waals surface area (Å²) < 4.78 is 5.06. The lowest BCUT2D eigenvalue weighted by molar-refractivity contribution is -0.142. The maximum atomic E-state index is 11.8. The van der Waals surface area contributed by atoms with E-state index in [1.54, 1.807) is 21.1 Å². The normalized spacial score (nSPS) is 12.2. The fraction of sp³-hybridized carbons (Fsp3) is 0.467. The molecule has 1 aromatic rings. The van der Waals surface area contributed by atoms with Gasteiger partial charge in [-0.15, -0.1) is 0 Å². The van der Waals surface area contributed by atoms with Gasteiger partial charge < -0.3 is 15.2 Å². The standard InChI is InChI=1S/C15H22N2O4/c1-11(15(19)20)17(2)9-14(18)16-8-12-5-4-6-13(7-12)10-21-3/h4-7,11H,8-10H2,1-3H3,(H,16,18)(H,19,20). The lowest BCUT2D eigenvalue weighted by atomic mass is 10.1. The summed E-state index contributed by atoms with van der Waals surface area (Å²) in [5, 5.41) is 11.6. The number of methoxy groups -OCH3 is 1. The van der Waals surface area contributed by atoms with Crippen LogP contribution in [-0.4, -0.2) is 48.6 Å². The van der Waals surface area contributed by atoms with Crippen LogP contribution < -0.4 is 5.32 Å². The molecule has 116 valence electrons. The zero-order valence-electron chi connectivity index (χ0n) is 12.6. The molecule has 2 N–H and O–H groups in total. The summed E-state index contributed by atoms with van der Waals surface area (Å²) in [7, 11) is 3.24. The van der Waals surface area contributed by atoms with Crippen molar-refractivity contribution in [1.82, 2.24) is 10.2 Å². The number of carbonyl (C=O) groups is 2. The van der Waals surface area contributed by atoms with E-state index in [0.29, 0.717) is 13.2 Å². The third-order valence-electron chi connectivity index (χ3n) is 3.20. The smallest absolute Gasteiger partial charge is 0.320 e. The first kappa shape index (κ1) is 17.1. The zero-order chi connectivity index (χ0) is 15.8. The van der Waals surface area contributed by atoms with Gasteiger partial charge in [0.05, 0.1) is 13.2 Å². The number of carboxylic acid groups (broad SMARTS) is 1. The van der Waals surface area contributed by atoms with E-state index in [0.717, 1.165) is 11.1 Å². The SMILES string of the molecule is COCc1cccc(CNC(=O)CN(C)C(C)C(=O)O)c1. The first-order chi connectivity index (χ1) is 9.93. The van der Waals surface area contributed by atoms with Crippen molar-refractivity contribution >= 4 is 11.9 Å². The second kappa shape index (κ2) is 8.39. The molecule has 0 aliphatic rings. The molecule has 0 saturated carbocycles. The summed E-state index contributed by atoms with van der Waals surface area (Å²) in [6.45, 7) is 2.53. The van der Waals surface area contributed by atoms with Crippen molar-refractivity contribution in [3.05, 3.63) is 35.4 Å². The van der Waals surface area contributed by atoms with Crippen molar-refractivity contribution in [2.75, 3.05) is 20.7 Å². The molecular weight excluding hydrogens is 272 g/mol. The number of ether oxygens (including phenoxy) is 1. The van der Waals surface area contributed by atoms with Crippen LogP contribution in [0.15, 0.2) is 24.3 Å². The highest BCUT2D eigenvalue weighted by atomic mass is 16.5. The van der Waals surface area contributed by atoms with E-state index in [4.69, 9.17) is 9.84 Å². The van der Waals surface area contributed by atoms with Crippen molar-refractivity contribution in [2.45, 2.75) is 26.1 Å². The number of carboxylic acids is 1. The average Bonchev–Trinajstić information content (AvgIpc) is 2.45. The van der Waals surface area contributed by atoms with Gasteiger partial charge in [-0.25, -0.2) is 0 Å². The molecule has 6 heteroatoms. The molecule has 0 aliphatic carbocycles. The van der Waals surface area contributed by atoms with Gasteiger partial charge in [-0.2, -0.15) is 0 Å². The lowest BCUT2D eigenvalue weighted by Gasteiger charge is -2.20. The van der Waals surface area contributed by atoms with Gasteiger partial charge in [-0.05, 0) is 25.1 Å². The van der Waals surface area contributed by atoms with Crippen LogP contribution in [0.3, 0.4) is 0 Å². The van der Waals surface area contributed by atoms with Crippen molar-refractivity contribution < 1.29 is 19.4 Å². The largest absolute Gasteiger partial charge is 0.480 e. The van der Waals surface area contributed by atoms with Gasteiger partial charge in [0.15, 0.2) is 0 Å². The number of nitrogens with one attached hydrogen (secondary N) is 1. The first-order valence-corrected chi connectivity index (χ1v) is 6.70. The molecule has 6 nitrogen and oxygen atoms in total. The predicted octanol–water partition coefficient (Wildman–Crippen LogP) is 0.854. The molecule has 0 bridgehead atoms. The van der Waals surface area contributed by atoms with E-state index in [9.17, 15) is 9.59 Å². The van der Waals surface area contributed by atoms with Crippen molar-refractivity contribution in [3.63, 3.8) is 0 Å². The quantitative estimate of drug-likeness (QED) is 0.743. The highest BCUT2D eigenvalue weighted by Gasteiger charge is 2.18. The Labute approximate surface area is 124 Å². The molecule has 1 amide bonds. The molecule has 0 aliphatic heterocycles. The van der Waals surface area contributed by atoms with Crippen LogP contribution in [0.4, 0.5) is 0 Å². The van der Waals surface area contributed by atoms with Gasteiger partial charge in [0.25, 0.3) is 0 Å². The zero-order valence-corrected chi connectivity index (χ0v) is 12.6. The van der Waals surface area contributed by atoms with Crippen molar-refractivity contribution in [2.24, 2.45) is 0 Å². The maximum absolute atomic E-state index is 11.8. The fourth-order valence-electron chi connectivity index (χ4n) is 1.80. The summed E-state index contributed by atoms with van der Waals surface area (Å²) >= 11 is 0. The van der Waals surface area contributed by atoms with E-state index >= 15 is 0 Å². The number of benzene rings is 1. The Kier molecular flexibility index (Phi) is 6.84. The van der Waals surface area contributed by atoms with E-state index in [2.05, 4.69) is 5.32 Å². The highest BCUT2D eigenvalue weighted by molar-refractivity contribution is 5.79. The lowest BCUT2D eigenvalue weighted by Crippen LogP contribution is -2.42. The molecule has 0 spiro atoms. The van der Waals surface area contributed by atoms with Gasteiger partial charge in [-0.1, -0.05) is 24.3 Å². The van der Waals surface area contributed by atoms with E-state index < -0.39 is 12.0 Å². The number of carbonyl (C=O) groups excluding carboxylic acids is 1. The predicted molar refractivity (Wildman–Crippen MR) is 78.7 cm³/mol. The Bertz CT molecular complexity index is 490.